The molecule has 12 nitrogen and oxygen atoms in total. The Labute approximate surface area is 269 Å². The van der Waals surface area contributed by atoms with Crippen molar-refractivity contribution in [2.45, 2.75) is 70.1 Å². The van der Waals surface area contributed by atoms with Gasteiger partial charge in [0.2, 0.25) is 5.88 Å². The number of halogens is 1. The molecule has 4 aromatic rings. The Morgan fingerprint density at radius 3 is 2.61 bits per heavy atom. The van der Waals surface area contributed by atoms with Crippen molar-refractivity contribution in [1.82, 2.24) is 29.8 Å². The van der Waals surface area contributed by atoms with Crippen LogP contribution >= 0.6 is 11.3 Å². The fraction of sp³-hybridized carbons (Fsp3) is 0.469. The molecule has 2 saturated heterocycles. The second kappa shape index (κ2) is 12.5. The molecule has 1 aliphatic carbocycles. The molecule has 7 rings (SSSR count). The van der Waals surface area contributed by atoms with E-state index in [0.29, 0.717) is 40.1 Å². The van der Waals surface area contributed by atoms with Gasteiger partial charge in [-0.1, -0.05) is 6.07 Å². The molecule has 3 aromatic heterocycles. The number of carbonyl (C=O) groups is 2. The predicted octanol–water partition coefficient (Wildman–Crippen LogP) is 3.78. The number of aryl methyl sites for hydroxylation is 1. The number of nitrogens with zero attached hydrogens (tertiary/aromatic N) is 6. The second-order valence-corrected chi connectivity index (χ2v) is 13.6. The molecule has 3 fully saturated rings. The molecule has 14 heteroatoms. The molecule has 2 aliphatic heterocycles. The minimum Gasteiger partial charge on any atom is -0.473 e. The third-order valence-corrected chi connectivity index (χ3v) is 10.4. The number of thiazole rings is 1. The second-order valence-electron chi connectivity index (χ2n) is 12.4. The number of primary amides is 1. The number of benzene rings is 1. The molecule has 5 N–H and O–H groups in total. The molecular formula is C32H38FN9O3S. The first-order valence-corrected chi connectivity index (χ1v) is 16.7. The molecule has 1 atom stereocenters. The van der Waals surface area contributed by atoms with Crippen LogP contribution in [0.4, 0.5) is 15.9 Å². The van der Waals surface area contributed by atoms with Crippen molar-refractivity contribution in [3.05, 3.63) is 51.9 Å². The molecule has 46 heavy (non-hydrogen) atoms. The summed E-state index contributed by atoms with van der Waals surface area (Å²) in [6, 6.07) is 6.65. The highest BCUT2D eigenvalue weighted by Crippen LogP contribution is 2.36. The van der Waals surface area contributed by atoms with Crippen molar-refractivity contribution in [3.8, 4) is 17.1 Å². The topological polar surface area (TPSA) is 157 Å². The van der Waals surface area contributed by atoms with E-state index in [-0.39, 0.29) is 29.4 Å². The van der Waals surface area contributed by atoms with Gasteiger partial charge in [0.05, 0.1) is 22.0 Å². The molecule has 3 aliphatic rings. The van der Waals surface area contributed by atoms with Crippen LogP contribution in [0.3, 0.4) is 0 Å². The number of carbonyl (C=O) groups excluding carboxylic acids is 2. The molecular weight excluding hydrogens is 609 g/mol. The van der Waals surface area contributed by atoms with Crippen LogP contribution < -0.4 is 26.4 Å². The van der Waals surface area contributed by atoms with Gasteiger partial charge in [-0.25, -0.2) is 18.9 Å². The number of nitrogens with one attached hydrogen (secondary N) is 1. The molecule has 1 saturated carbocycles. The smallest absolute Gasteiger partial charge is 0.267 e. The standard InChI is InChI=1S/C32H38FN9O3S/c1-18-38-32(45-22-8-6-21(7-9-22)40-12-3-13-40)28(46-18)31(44)39-20-4-2-11-41(16-20)26-15-25(42-27(26)29(34)36-17-37-42)19-5-10-23(30(35)43)24(33)14-19/h5,10,14-15,17,20-22H,2-4,6-9,11-13,16H2,1H3,(H2,35,43)(H,39,44)(H2,34,36,37)/t20-,21?,22?/m1/s1. The number of hydrogen-bond acceptors (Lipinski definition) is 10. The van der Waals surface area contributed by atoms with Crippen LogP contribution in [0, 0.1) is 12.7 Å². The average molecular weight is 648 g/mol. The third-order valence-electron chi connectivity index (χ3n) is 9.43. The number of nitrogens with two attached hydrogens (primary N) is 2. The van der Waals surface area contributed by atoms with Crippen LogP contribution in [-0.2, 0) is 0 Å². The summed E-state index contributed by atoms with van der Waals surface area (Å²) in [6.07, 6.45) is 8.53. The quantitative estimate of drug-likeness (QED) is 0.259. The first-order chi connectivity index (χ1) is 22.2. The number of piperidine rings is 1. The maximum absolute atomic E-state index is 14.7. The first-order valence-electron chi connectivity index (χ1n) is 15.9. The van der Waals surface area contributed by atoms with E-state index >= 15 is 0 Å². The highest BCUT2D eigenvalue weighted by molar-refractivity contribution is 7.13. The Balaban J connectivity index is 1.07. The molecule has 0 unspecified atom stereocenters. The zero-order chi connectivity index (χ0) is 31.9. The van der Waals surface area contributed by atoms with Crippen molar-refractivity contribution >= 4 is 40.2 Å². The van der Waals surface area contributed by atoms with E-state index in [2.05, 4.69) is 30.2 Å². The third kappa shape index (κ3) is 5.86. The summed E-state index contributed by atoms with van der Waals surface area (Å²) in [6.45, 7) is 5.57. The van der Waals surface area contributed by atoms with Crippen LogP contribution in [0.5, 0.6) is 5.88 Å². The number of amides is 2. The van der Waals surface area contributed by atoms with E-state index in [4.69, 9.17) is 16.2 Å². The lowest BCUT2D eigenvalue weighted by Gasteiger charge is -2.41. The Morgan fingerprint density at radius 1 is 1.09 bits per heavy atom. The maximum atomic E-state index is 14.7. The van der Waals surface area contributed by atoms with Gasteiger partial charge < -0.3 is 31.3 Å². The van der Waals surface area contributed by atoms with Crippen molar-refractivity contribution in [3.63, 3.8) is 0 Å². The molecule has 242 valence electrons. The van der Waals surface area contributed by atoms with E-state index in [1.165, 1.54) is 49.3 Å². The predicted molar refractivity (Wildman–Crippen MR) is 174 cm³/mol. The highest BCUT2D eigenvalue weighted by Gasteiger charge is 2.32. The zero-order valence-electron chi connectivity index (χ0n) is 25.7. The fourth-order valence-corrected chi connectivity index (χ4v) is 7.71. The average Bonchev–Trinajstić information content (AvgIpc) is 3.58. The van der Waals surface area contributed by atoms with Crippen molar-refractivity contribution < 1.29 is 18.7 Å². The summed E-state index contributed by atoms with van der Waals surface area (Å²) in [5, 5.41) is 8.42. The molecule has 1 aromatic carbocycles. The Bertz CT molecular complexity index is 1780. The van der Waals surface area contributed by atoms with E-state index in [0.717, 1.165) is 55.8 Å². The minimum atomic E-state index is -0.838. The van der Waals surface area contributed by atoms with Gasteiger partial charge in [0.15, 0.2) is 10.7 Å². The summed E-state index contributed by atoms with van der Waals surface area (Å²) >= 11 is 1.36. The largest absolute Gasteiger partial charge is 0.473 e. The summed E-state index contributed by atoms with van der Waals surface area (Å²) in [5.41, 5.74) is 13.9. The van der Waals surface area contributed by atoms with Crippen LogP contribution in [0.2, 0.25) is 0 Å². The number of ether oxygens (including phenoxy) is 1. The lowest BCUT2D eigenvalue weighted by atomic mass is 9.90. The lowest BCUT2D eigenvalue weighted by molar-refractivity contribution is 0.0518. The van der Waals surface area contributed by atoms with E-state index < -0.39 is 11.7 Å². The van der Waals surface area contributed by atoms with E-state index in [9.17, 15) is 14.0 Å². The Hall–Kier alpha value is -4.30. The number of hydrogen-bond donors (Lipinski definition) is 3. The van der Waals surface area contributed by atoms with Gasteiger partial charge in [-0.2, -0.15) is 5.10 Å². The van der Waals surface area contributed by atoms with Gasteiger partial charge in [0.25, 0.3) is 11.8 Å². The number of rotatable bonds is 8. The van der Waals surface area contributed by atoms with Gasteiger partial charge >= 0.3 is 0 Å². The zero-order valence-corrected chi connectivity index (χ0v) is 26.6. The monoisotopic (exact) mass is 647 g/mol. The number of aromatic nitrogens is 4. The first kappa shape index (κ1) is 30.4. The van der Waals surface area contributed by atoms with E-state index in [1.807, 2.05) is 13.0 Å². The van der Waals surface area contributed by atoms with Gasteiger partial charge in [0, 0.05) is 30.7 Å². The summed E-state index contributed by atoms with van der Waals surface area (Å²) in [4.78, 5) is 39.2. The van der Waals surface area contributed by atoms with Crippen LogP contribution in [0.25, 0.3) is 16.8 Å². The van der Waals surface area contributed by atoms with Crippen LogP contribution in [0.15, 0.2) is 30.6 Å². The number of nitrogen functional groups attached to an aromatic ring is 1. The fourth-order valence-electron chi connectivity index (χ4n) is 6.96. The summed E-state index contributed by atoms with van der Waals surface area (Å²) in [5.74, 6) is -1.03. The molecule has 0 spiro atoms. The van der Waals surface area contributed by atoms with Gasteiger partial charge in [0.1, 0.15) is 23.8 Å². The van der Waals surface area contributed by atoms with Gasteiger partial charge in [-0.05, 0) is 83.2 Å². The van der Waals surface area contributed by atoms with Crippen LogP contribution in [0.1, 0.15) is 70.0 Å². The Kier molecular flexibility index (Phi) is 8.24. The number of anilines is 2. The molecule has 0 bridgehead atoms. The lowest BCUT2D eigenvalue weighted by Crippen LogP contribution is -2.48. The minimum absolute atomic E-state index is 0.0706. The highest BCUT2D eigenvalue weighted by atomic mass is 32.1. The van der Waals surface area contributed by atoms with Crippen molar-refractivity contribution in [1.29, 1.82) is 0 Å². The van der Waals surface area contributed by atoms with Gasteiger partial charge in [-0.15, -0.1) is 11.3 Å². The van der Waals surface area contributed by atoms with E-state index in [1.54, 1.807) is 10.6 Å². The van der Waals surface area contributed by atoms with Gasteiger partial charge in [-0.3, -0.25) is 9.59 Å². The Morgan fingerprint density at radius 2 is 1.89 bits per heavy atom. The number of likely N-dealkylation sites (tertiary alicyclic amines) is 1. The summed E-state index contributed by atoms with van der Waals surface area (Å²) < 4.78 is 22.7. The normalized spacial score (nSPS) is 22.0. The van der Waals surface area contributed by atoms with Crippen molar-refractivity contribution in [2.24, 2.45) is 5.73 Å². The SMILES string of the molecule is Cc1nc(OC2CCC(N3CCC3)CC2)c(C(=O)N[C@@H]2CCCN(c3cc(-c4ccc(C(N)=O)c(F)c4)n4ncnc(N)c34)C2)s1. The van der Waals surface area contributed by atoms with Crippen molar-refractivity contribution in [2.75, 3.05) is 36.8 Å². The molecule has 0 radical (unpaired) electrons. The number of fused-ring (bicyclic) bond motifs is 1. The maximum Gasteiger partial charge on any atom is 0.267 e. The van der Waals surface area contributed by atoms with Crippen LogP contribution in [-0.4, -0.2) is 80.7 Å². The molecule has 2 amide bonds. The summed E-state index contributed by atoms with van der Waals surface area (Å²) in [7, 11) is 0. The molecule has 5 heterocycles.